The highest BCUT2D eigenvalue weighted by molar-refractivity contribution is 5.81. The molecular weight excluding hydrogens is 352 g/mol. The second-order valence-corrected chi connectivity index (χ2v) is 5.64. The number of amides is 1. The molecule has 142 valence electrons. The van der Waals surface area contributed by atoms with Crippen molar-refractivity contribution >= 4 is 17.6 Å². The van der Waals surface area contributed by atoms with Crippen LogP contribution < -0.4 is 10.1 Å². The summed E-state index contributed by atoms with van der Waals surface area (Å²) >= 11 is 0. The van der Waals surface area contributed by atoms with E-state index in [0.29, 0.717) is 13.0 Å². The van der Waals surface area contributed by atoms with Gasteiger partial charge in [-0.3, -0.25) is 19.7 Å². The number of carbonyl (C=O) groups excluding carboxylic acids is 2. The van der Waals surface area contributed by atoms with Crippen molar-refractivity contribution in [3.05, 3.63) is 69.8 Å². The largest absolute Gasteiger partial charge is 0.496 e. The van der Waals surface area contributed by atoms with Gasteiger partial charge in [-0.05, 0) is 18.1 Å². The number of methoxy groups -OCH3 is 1. The SMILES string of the molecule is COc1ccccc1CCNC(=O)COC(=O)Cc1ccccc1[N+](=O)[O-]. The number of ether oxygens (including phenoxy) is 2. The van der Waals surface area contributed by atoms with E-state index in [2.05, 4.69) is 5.32 Å². The fourth-order valence-corrected chi connectivity index (χ4v) is 2.49. The molecule has 1 amide bonds. The van der Waals surface area contributed by atoms with Crippen molar-refractivity contribution in [2.75, 3.05) is 20.3 Å². The zero-order valence-corrected chi connectivity index (χ0v) is 14.8. The maximum absolute atomic E-state index is 11.8. The van der Waals surface area contributed by atoms with Gasteiger partial charge in [-0.15, -0.1) is 0 Å². The Balaban J connectivity index is 1.75. The van der Waals surface area contributed by atoms with Crippen molar-refractivity contribution in [2.24, 2.45) is 0 Å². The number of nitrogens with zero attached hydrogens (tertiary/aromatic N) is 1. The summed E-state index contributed by atoms with van der Waals surface area (Å²) in [5, 5.41) is 13.6. The number of hydrogen-bond donors (Lipinski definition) is 1. The predicted molar refractivity (Wildman–Crippen MR) is 97.5 cm³/mol. The Bertz CT molecular complexity index is 821. The van der Waals surface area contributed by atoms with Gasteiger partial charge in [-0.2, -0.15) is 0 Å². The third-order valence-corrected chi connectivity index (χ3v) is 3.80. The molecule has 27 heavy (non-hydrogen) atoms. The Morgan fingerprint density at radius 1 is 1.07 bits per heavy atom. The van der Waals surface area contributed by atoms with Crippen molar-refractivity contribution in [3.63, 3.8) is 0 Å². The number of nitrogens with one attached hydrogen (secondary N) is 1. The topological polar surface area (TPSA) is 108 Å². The first-order valence-corrected chi connectivity index (χ1v) is 8.27. The Morgan fingerprint density at radius 3 is 2.44 bits per heavy atom. The molecule has 0 fully saturated rings. The van der Waals surface area contributed by atoms with E-state index in [-0.39, 0.29) is 17.7 Å². The van der Waals surface area contributed by atoms with Crippen LogP contribution in [0.4, 0.5) is 5.69 Å². The van der Waals surface area contributed by atoms with Crippen LogP contribution in [0.1, 0.15) is 11.1 Å². The summed E-state index contributed by atoms with van der Waals surface area (Å²) in [6.07, 6.45) is 0.297. The lowest BCUT2D eigenvalue weighted by atomic mass is 10.1. The summed E-state index contributed by atoms with van der Waals surface area (Å²) in [7, 11) is 1.58. The quantitative estimate of drug-likeness (QED) is 0.410. The predicted octanol–water partition coefficient (Wildman–Crippen LogP) is 2.05. The molecule has 0 spiro atoms. The maximum atomic E-state index is 11.8. The molecule has 2 aromatic rings. The van der Waals surface area contributed by atoms with Crippen LogP contribution in [-0.2, 0) is 27.2 Å². The molecule has 0 aliphatic carbocycles. The molecule has 0 aromatic heterocycles. The van der Waals surface area contributed by atoms with Crippen molar-refractivity contribution in [1.82, 2.24) is 5.32 Å². The molecule has 0 saturated heterocycles. The third kappa shape index (κ3) is 6.10. The van der Waals surface area contributed by atoms with Gasteiger partial charge in [0, 0.05) is 18.2 Å². The first kappa shape index (κ1) is 19.9. The van der Waals surface area contributed by atoms with Crippen LogP contribution in [0.3, 0.4) is 0 Å². The van der Waals surface area contributed by atoms with Crippen molar-refractivity contribution in [3.8, 4) is 5.75 Å². The van der Waals surface area contributed by atoms with Crippen LogP contribution >= 0.6 is 0 Å². The second kappa shape index (κ2) is 9.91. The zero-order valence-electron chi connectivity index (χ0n) is 14.8. The van der Waals surface area contributed by atoms with E-state index in [4.69, 9.17) is 9.47 Å². The van der Waals surface area contributed by atoms with Crippen LogP contribution in [0.5, 0.6) is 5.75 Å². The number of nitro groups is 1. The molecule has 0 bridgehead atoms. The fourth-order valence-electron chi connectivity index (χ4n) is 2.49. The normalized spacial score (nSPS) is 10.1. The van der Waals surface area contributed by atoms with Gasteiger partial charge >= 0.3 is 5.97 Å². The lowest BCUT2D eigenvalue weighted by Crippen LogP contribution is -2.30. The van der Waals surface area contributed by atoms with Gasteiger partial charge in [0.05, 0.1) is 18.5 Å². The van der Waals surface area contributed by atoms with E-state index in [0.717, 1.165) is 11.3 Å². The van der Waals surface area contributed by atoms with Crippen LogP contribution in [0, 0.1) is 10.1 Å². The van der Waals surface area contributed by atoms with Gasteiger partial charge < -0.3 is 14.8 Å². The van der Waals surface area contributed by atoms with Crippen LogP contribution in [0.25, 0.3) is 0 Å². The number of para-hydroxylation sites is 2. The molecule has 0 saturated carbocycles. The van der Waals surface area contributed by atoms with Gasteiger partial charge in [0.2, 0.25) is 0 Å². The van der Waals surface area contributed by atoms with Gasteiger partial charge in [0.1, 0.15) is 5.75 Å². The monoisotopic (exact) mass is 372 g/mol. The molecule has 2 aromatic carbocycles. The molecular formula is C19H20N2O6. The molecule has 8 nitrogen and oxygen atoms in total. The van der Waals surface area contributed by atoms with Gasteiger partial charge in [0.15, 0.2) is 6.61 Å². The average molecular weight is 372 g/mol. The summed E-state index contributed by atoms with van der Waals surface area (Å²) in [6.45, 7) is -0.0771. The molecule has 0 unspecified atom stereocenters. The summed E-state index contributed by atoms with van der Waals surface area (Å²) in [5.41, 5.74) is 1.04. The first-order chi connectivity index (χ1) is 13.0. The summed E-state index contributed by atoms with van der Waals surface area (Å²) < 4.78 is 10.1. The van der Waals surface area contributed by atoms with Crippen LogP contribution in [0.2, 0.25) is 0 Å². The number of nitro benzene ring substituents is 1. The number of hydrogen-bond acceptors (Lipinski definition) is 6. The molecule has 0 heterocycles. The van der Waals surface area contributed by atoms with Crippen LogP contribution in [0.15, 0.2) is 48.5 Å². The number of carbonyl (C=O) groups is 2. The van der Waals surface area contributed by atoms with E-state index < -0.39 is 23.4 Å². The number of esters is 1. The lowest BCUT2D eigenvalue weighted by molar-refractivity contribution is -0.385. The van der Waals surface area contributed by atoms with Crippen molar-refractivity contribution < 1.29 is 24.0 Å². The van der Waals surface area contributed by atoms with E-state index in [9.17, 15) is 19.7 Å². The number of rotatable bonds is 9. The number of benzene rings is 2. The van der Waals surface area contributed by atoms with Crippen LogP contribution in [-0.4, -0.2) is 37.1 Å². The molecule has 0 radical (unpaired) electrons. The van der Waals surface area contributed by atoms with E-state index in [1.165, 1.54) is 18.2 Å². The minimum absolute atomic E-state index is 0.157. The smallest absolute Gasteiger partial charge is 0.311 e. The molecule has 0 atom stereocenters. The molecule has 8 heteroatoms. The minimum Gasteiger partial charge on any atom is -0.496 e. The second-order valence-electron chi connectivity index (χ2n) is 5.64. The maximum Gasteiger partial charge on any atom is 0.311 e. The Kier molecular flexibility index (Phi) is 7.30. The highest BCUT2D eigenvalue weighted by atomic mass is 16.6. The highest BCUT2D eigenvalue weighted by Gasteiger charge is 2.17. The Morgan fingerprint density at radius 2 is 1.74 bits per heavy atom. The van der Waals surface area contributed by atoms with E-state index in [1.54, 1.807) is 13.2 Å². The summed E-state index contributed by atoms with van der Waals surface area (Å²) in [4.78, 5) is 34.0. The van der Waals surface area contributed by atoms with Gasteiger partial charge in [0.25, 0.3) is 11.6 Å². The Hall–Kier alpha value is -3.42. The molecule has 1 N–H and O–H groups in total. The molecule has 0 aliphatic rings. The fraction of sp³-hybridized carbons (Fsp3) is 0.263. The molecule has 2 rings (SSSR count). The van der Waals surface area contributed by atoms with E-state index >= 15 is 0 Å². The van der Waals surface area contributed by atoms with Gasteiger partial charge in [-0.1, -0.05) is 36.4 Å². The van der Waals surface area contributed by atoms with Crippen molar-refractivity contribution in [2.45, 2.75) is 12.8 Å². The van der Waals surface area contributed by atoms with Crippen molar-refractivity contribution in [1.29, 1.82) is 0 Å². The standard InChI is InChI=1S/C19H20N2O6/c1-26-17-9-5-3-6-14(17)10-11-20-18(22)13-27-19(23)12-15-7-2-4-8-16(15)21(24)25/h2-9H,10-13H2,1H3,(H,20,22). The van der Waals surface area contributed by atoms with Gasteiger partial charge in [-0.25, -0.2) is 0 Å². The minimum atomic E-state index is -0.704. The summed E-state index contributed by atoms with van der Waals surface area (Å²) in [5.74, 6) is -0.410. The van der Waals surface area contributed by atoms with E-state index in [1.807, 2.05) is 24.3 Å². The summed E-state index contributed by atoms with van der Waals surface area (Å²) in [6, 6.07) is 13.4. The highest BCUT2D eigenvalue weighted by Crippen LogP contribution is 2.18. The first-order valence-electron chi connectivity index (χ1n) is 8.27. The molecule has 0 aliphatic heterocycles. The average Bonchev–Trinajstić information content (AvgIpc) is 2.67. The lowest BCUT2D eigenvalue weighted by Gasteiger charge is -2.09. The zero-order chi connectivity index (χ0) is 19.6. The Labute approximate surface area is 156 Å². The third-order valence-electron chi connectivity index (χ3n) is 3.80.